The van der Waals surface area contributed by atoms with Gasteiger partial charge in [0.1, 0.15) is 24.4 Å². The number of aliphatic hydroxyl groups is 4. The van der Waals surface area contributed by atoms with E-state index in [1.54, 1.807) is 0 Å². The summed E-state index contributed by atoms with van der Waals surface area (Å²) >= 11 is 0. The molecule has 5 atom stereocenters. The van der Waals surface area contributed by atoms with Crippen molar-refractivity contribution in [3.63, 3.8) is 0 Å². The molecule has 0 aliphatic carbocycles. The van der Waals surface area contributed by atoms with Gasteiger partial charge in [-0.25, -0.2) is 4.79 Å². The van der Waals surface area contributed by atoms with Crippen molar-refractivity contribution >= 4 is 11.0 Å². The van der Waals surface area contributed by atoms with Crippen molar-refractivity contribution in [2.45, 2.75) is 30.7 Å². The number of fused-ring (bicyclic) bond motifs is 1. The zero-order valence-electron chi connectivity index (χ0n) is 13.6. The second kappa shape index (κ2) is 7.09. The quantitative estimate of drug-likeness (QED) is 0.409. The number of ether oxygens (including phenoxy) is 3. The van der Waals surface area contributed by atoms with Crippen LogP contribution in [0.5, 0.6) is 17.2 Å². The third-order valence-corrected chi connectivity index (χ3v) is 4.11. The molecule has 1 saturated heterocycles. The lowest BCUT2D eigenvalue weighted by atomic mass is 9.99. The Labute approximate surface area is 146 Å². The van der Waals surface area contributed by atoms with Crippen LogP contribution in [0.4, 0.5) is 0 Å². The molecule has 0 saturated carbocycles. The highest BCUT2D eigenvalue weighted by Crippen LogP contribution is 2.43. The van der Waals surface area contributed by atoms with Crippen LogP contribution in [0.2, 0.25) is 0 Å². The number of methoxy groups -OCH3 is 1. The largest absolute Gasteiger partial charge is 0.502 e. The summed E-state index contributed by atoms with van der Waals surface area (Å²) in [6, 6.07) is 4.01. The molecule has 142 valence electrons. The monoisotopic (exact) mass is 370 g/mol. The number of aliphatic hydroxyl groups excluding tert-OH is 4. The van der Waals surface area contributed by atoms with Crippen LogP contribution in [0.1, 0.15) is 0 Å². The lowest BCUT2D eigenvalue weighted by molar-refractivity contribution is -0.277. The number of aromatic hydroxyl groups is 1. The Morgan fingerprint density at radius 2 is 1.88 bits per heavy atom. The summed E-state index contributed by atoms with van der Waals surface area (Å²) in [6.45, 7) is -0.638. The van der Waals surface area contributed by atoms with Gasteiger partial charge >= 0.3 is 5.63 Å². The maximum atomic E-state index is 11.4. The number of rotatable bonds is 4. The predicted octanol–water partition coefficient (Wildman–Crippen LogP) is -1.31. The Kier molecular flexibility index (Phi) is 5.03. The third kappa shape index (κ3) is 3.08. The molecule has 26 heavy (non-hydrogen) atoms. The Bertz CT molecular complexity index is 845. The van der Waals surface area contributed by atoms with Gasteiger partial charge < -0.3 is 44.2 Å². The standard InChI is InChI=1S/C16H18O10/c1-23-7-4-6-2-3-9(18)25-14(6)13(22)15(7)26-16-12(21)11(20)10(19)8(5-17)24-16/h2-4,8,10-12,16-17,19-22H,5H2,1H3/t8-,10-,11+,12-,16-/m0/s1. The average Bonchev–Trinajstić information content (AvgIpc) is 2.64. The molecule has 5 N–H and O–H groups in total. The molecule has 1 aliphatic rings. The van der Waals surface area contributed by atoms with Gasteiger partial charge in [0.05, 0.1) is 13.7 Å². The van der Waals surface area contributed by atoms with E-state index in [1.807, 2.05) is 0 Å². The molecule has 2 heterocycles. The van der Waals surface area contributed by atoms with E-state index < -0.39 is 48.7 Å². The van der Waals surface area contributed by atoms with E-state index in [0.717, 1.165) is 0 Å². The second-order valence-corrected chi connectivity index (χ2v) is 5.74. The highest BCUT2D eigenvalue weighted by molar-refractivity contribution is 5.87. The van der Waals surface area contributed by atoms with Gasteiger partial charge in [-0.1, -0.05) is 0 Å². The summed E-state index contributed by atoms with van der Waals surface area (Å²) in [4.78, 5) is 11.4. The first-order valence-electron chi connectivity index (χ1n) is 7.68. The summed E-state index contributed by atoms with van der Waals surface area (Å²) in [5, 5.41) is 49.7. The van der Waals surface area contributed by atoms with Gasteiger partial charge in [0.2, 0.25) is 17.8 Å². The van der Waals surface area contributed by atoms with Crippen LogP contribution in [-0.2, 0) is 4.74 Å². The van der Waals surface area contributed by atoms with E-state index in [0.29, 0.717) is 5.39 Å². The highest BCUT2D eigenvalue weighted by atomic mass is 16.7. The van der Waals surface area contributed by atoms with Gasteiger partial charge in [-0.2, -0.15) is 0 Å². The number of phenolic OH excluding ortho intramolecular Hbond substituents is 1. The van der Waals surface area contributed by atoms with Crippen LogP contribution in [0, 0.1) is 0 Å². The van der Waals surface area contributed by atoms with E-state index in [9.17, 15) is 30.3 Å². The molecule has 0 radical (unpaired) electrons. The Morgan fingerprint density at radius 1 is 1.15 bits per heavy atom. The first-order chi connectivity index (χ1) is 12.4. The SMILES string of the molecule is COc1cc2ccc(=O)oc2c(O)c1O[C@@H]1O[C@@H](CO)[C@H](O)[C@@H](O)[C@@H]1O. The van der Waals surface area contributed by atoms with E-state index >= 15 is 0 Å². The van der Waals surface area contributed by atoms with Crippen molar-refractivity contribution in [1.29, 1.82) is 0 Å². The minimum absolute atomic E-state index is 0.0424. The minimum atomic E-state index is -1.68. The number of hydrogen-bond donors (Lipinski definition) is 5. The van der Waals surface area contributed by atoms with E-state index in [1.165, 1.54) is 25.3 Å². The summed E-state index contributed by atoms with van der Waals surface area (Å²) < 4.78 is 20.8. The van der Waals surface area contributed by atoms with Crippen molar-refractivity contribution in [1.82, 2.24) is 0 Å². The van der Waals surface area contributed by atoms with Crippen molar-refractivity contribution in [2.24, 2.45) is 0 Å². The Morgan fingerprint density at radius 3 is 2.54 bits per heavy atom. The fourth-order valence-corrected chi connectivity index (χ4v) is 2.70. The van der Waals surface area contributed by atoms with Gasteiger partial charge in [-0.05, 0) is 12.1 Å². The number of hydrogen-bond acceptors (Lipinski definition) is 10. The molecule has 2 aromatic rings. The highest BCUT2D eigenvalue weighted by Gasteiger charge is 2.45. The second-order valence-electron chi connectivity index (χ2n) is 5.74. The summed E-state index contributed by atoms with van der Waals surface area (Å²) in [5.74, 6) is -0.839. The third-order valence-electron chi connectivity index (χ3n) is 4.11. The number of benzene rings is 1. The summed E-state index contributed by atoms with van der Waals surface area (Å²) in [7, 11) is 1.31. The molecule has 1 aliphatic heterocycles. The fourth-order valence-electron chi connectivity index (χ4n) is 2.70. The molecule has 0 unspecified atom stereocenters. The number of phenols is 1. The minimum Gasteiger partial charge on any atom is -0.502 e. The van der Waals surface area contributed by atoms with Crippen molar-refractivity contribution < 1.29 is 44.2 Å². The molecule has 10 heteroatoms. The molecular formula is C16H18O10. The Balaban J connectivity index is 2.02. The van der Waals surface area contributed by atoms with Crippen LogP contribution in [-0.4, -0.2) is 70.0 Å². The summed E-state index contributed by atoms with van der Waals surface area (Å²) in [5.41, 5.74) is -0.866. The predicted molar refractivity (Wildman–Crippen MR) is 85.1 cm³/mol. The maximum absolute atomic E-state index is 11.4. The van der Waals surface area contributed by atoms with Crippen LogP contribution < -0.4 is 15.1 Å². The van der Waals surface area contributed by atoms with Gasteiger partial charge in [-0.3, -0.25) is 0 Å². The summed E-state index contributed by atoms with van der Waals surface area (Å²) in [6.07, 6.45) is -7.63. The van der Waals surface area contributed by atoms with Gasteiger partial charge in [0.25, 0.3) is 0 Å². The van der Waals surface area contributed by atoms with Gasteiger partial charge in [0, 0.05) is 11.5 Å². The zero-order valence-corrected chi connectivity index (χ0v) is 13.6. The normalized spacial score (nSPS) is 28.9. The van der Waals surface area contributed by atoms with Crippen molar-refractivity contribution in [2.75, 3.05) is 13.7 Å². The lowest BCUT2D eigenvalue weighted by Gasteiger charge is -2.39. The molecule has 1 aromatic carbocycles. The fraction of sp³-hybridized carbons (Fsp3) is 0.438. The maximum Gasteiger partial charge on any atom is 0.336 e. The van der Waals surface area contributed by atoms with Crippen LogP contribution >= 0.6 is 0 Å². The molecule has 0 amide bonds. The van der Waals surface area contributed by atoms with E-state index in [4.69, 9.17) is 18.6 Å². The molecular weight excluding hydrogens is 352 g/mol. The topological polar surface area (TPSA) is 159 Å². The zero-order chi connectivity index (χ0) is 19.0. The smallest absolute Gasteiger partial charge is 0.336 e. The van der Waals surface area contributed by atoms with Crippen LogP contribution in [0.25, 0.3) is 11.0 Å². The molecule has 1 aromatic heterocycles. The molecule has 10 nitrogen and oxygen atoms in total. The van der Waals surface area contributed by atoms with Gasteiger partial charge in [0.15, 0.2) is 11.3 Å². The first kappa shape index (κ1) is 18.4. The lowest BCUT2D eigenvalue weighted by Crippen LogP contribution is -2.60. The van der Waals surface area contributed by atoms with Crippen LogP contribution in [0.3, 0.4) is 0 Å². The van der Waals surface area contributed by atoms with E-state index in [2.05, 4.69) is 0 Å². The van der Waals surface area contributed by atoms with Crippen LogP contribution in [0.15, 0.2) is 27.4 Å². The molecule has 0 bridgehead atoms. The van der Waals surface area contributed by atoms with Crippen molar-refractivity contribution in [3.8, 4) is 17.2 Å². The van der Waals surface area contributed by atoms with Gasteiger partial charge in [-0.15, -0.1) is 0 Å². The van der Waals surface area contributed by atoms with E-state index in [-0.39, 0.29) is 17.1 Å². The molecule has 0 spiro atoms. The molecule has 3 rings (SSSR count). The van der Waals surface area contributed by atoms with Crippen molar-refractivity contribution in [3.05, 3.63) is 28.6 Å². The Hall–Kier alpha value is -2.37. The molecule has 1 fully saturated rings. The average molecular weight is 370 g/mol. The first-order valence-corrected chi connectivity index (χ1v) is 7.68.